The molecule has 0 aliphatic heterocycles. The summed E-state index contributed by atoms with van der Waals surface area (Å²) in [4.78, 5) is 0. The van der Waals surface area contributed by atoms with E-state index in [0.717, 1.165) is 0 Å². The summed E-state index contributed by atoms with van der Waals surface area (Å²) in [5, 5.41) is 0. The quantitative estimate of drug-likeness (QED) is 0.473. The zero-order valence-electron chi connectivity index (χ0n) is 4.49. The Kier molecular flexibility index (Phi) is 5.65. The first kappa shape index (κ1) is 10.3. The zero-order chi connectivity index (χ0) is 4.50. The van der Waals surface area contributed by atoms with Crippen molar-refractivity contribution in [3.63, 3.8) is 0 Å². The van der Waals surface area contributed by atoms with Crippen molar-refractivity contribution in [2.24, 2.45) is 0 Å². The topological polar surface area (TPSA) is 0 Å². The summed E-state index contributed by atoms with van der Waals surface area (Å²) < 4.78 is 0.0833. The normalized spacial score (nSPS) is 10.0. The van der Waals surface area contributed by atoms with Crippen molar-refractivity contribution >= 4 is 39.9 Å². The molecule has 0 spiro atoms. The Hall–Kier alpha value is 1.27. The van der Waals surface area contributed by atoms with Gasteiger partial charge in [0.2, 0.25) is 0 Å². The predicted molar refractivity (Wildman–Crippen MR) is 32.9 cm³/mol. The van der Waals surface area contributed by atoms with E-state index in [4.69, 9.17) is 12.6 Å². The van der Waals surface area contributed by atoms with Crippen molar-refractivity contribution < 1.29 is 0 Å². The van der Waals surface area contributed by atoms with Crippen LogP contribution in [0.3, 0.4) is 0 Å². The molecule has 0 aromatic carbocycles. The molecule has 0 aromatic heterocycles. The SMILES string of the molecule is CC(C)(C)[S-].[Tl+]. The van der Waals surface area contributed by atoms with E-state index in [2.05, 4.69) is 0 Å². The van der Waals surface area contributed by atoms with Crippen LogP contribution in [0.1, 0.15) is 20.8 Å². The summed E-state index contributed by atoms with van der Waals surface area (Å²) in [7, 11) is 0. The van der Waals surface area contributed by atoms with Gasteiger partial charge in [-0.25, -0.2) is 0 Å². The molecule has 6 heavy (non-hydrogen) atoms. The average Bonchev–Trinajstić information content (AvgIpc) is 0.722. The van der Waals surface area contributed by atoms with Gasteiger partial charge in [0.05, 0.1) is 0 Å². The zero-order valence-corrected chi connectivity index (χ0v) is 9.79. The molecule has 0 radical (unpaired) electrons. The van der Waals surface area contributed by atoms with Crippen molar-refractivity contribution in [3.05, 3.63) is 0 Å². The summed E-state index contributed by atoms with van der Waals surface area (Å²) in [6.07, 6.45) is 0. The first-order chi connectivity index (χ1) is 2.00. The fraction of sp³-hybridized carbons (Fsp3) is 1.00. The maximum absolute atomic E-state index is 4.83. The summed E-state index contributed by atoms with van der Waals surface area (Å²) >= 11 is 4.83. The van der Waals surface area contributed by atoms with Gasteiger partial charge in [0, 0.05) is 0 Å². The van der Waals surface area contributed by atoms with Crippen LogP contribution in [0.2, 0.25) is 0 Å². The van der Waals surface area contributed by atoms with Crippen LogP contribution in [-0.4, -0.2) is 32.0 Å². The van der Waals surface area contributed by atoms with Crippen LogP contribution in [0.25, 0.3) is 0 Å². The number of hydrogen-bond donors (Lipinski definition) is 0. The van der Waals surface area contributed by atoms with E-state index in [-0.39, 0.29) is 32.0 Å². The summed E-state index contributed by atoms with van der Waals surface area (Å²) in [6, 6.07) is 0. The van der Waals surface area contributed by atoms with Crippen LogP contribution >= 0.6 is 0 Å². The van der Waals surface area contributed by atoms with Crippen molar-refractivity contribution in [2.45, 2.75) is 25.5 Å². The Bertz CT molecular complexity index is 23.0. The van der Waals surface area contributed by atoms with Gasteiger partial charge >= 0.3 is 27.3 Å². The summed E-state index contributed by atoms with van der Waals surface area (Å²) in [5.41, 5.74) is 0. The minimum Gasteiger partial charge on any atom is -0.787 e. The van der Waals surface area contributed by atoms with Gasteiger partial charge in [0.15, 0.2) is 0 Å². The number of rotatable bonds is 0. The van der Waals surface area contributed by atoms with Gasteiger partial charge in [-0.2, -0.15) is 4.75 Å². The van der Waals surface area contributed by atoms with Crippen molar-refractivity contribution in [3.8, 4) is 0 Å². The fourth-order valence-electron chi connectivity index (χ4n) is 0. The fourth-order valence-corrected chi connectivity index (χ4v) is 0. The van der Waals surface area contributed by atoms with Crippen LogP contribution in [0.4, 0.5) is 0 Å². The summed E-state index contributed by atoms with van der Waals surface area (Å²) in [6.45, 7) is 6.01. The minimum atomic E-state index is 0. The molecule has 0 fully saturated rings. The Balaban J connectivity index is 0. The van der Waals surface area contributed by atoms with Gasteiger partial charge in [-0.1, -0.05) is 20.8 Å². The third-order valence-electron chi connectivity index (χ3n) is 0. The molecule has 0 saturated carbocycles. The van der Waals surface area contributed by atoms with Gasteiger partial charge in [-0.05, 0) is 0 Å². The molecule has 0 rings (SSSR count). The van der Waals surface area contributed by atoms with E-state index < -0.39 is 0 Å². The average molecular weight is 294 g/mol. The molecule has 2 heteroatoms. The number of hydrogen-bond acceptors (Lipinski definition) is 1. The minimum absolute atomic E-state index is 0. The summed E-state index contributed by atoms with van der Waals surface area (Å²) in [5.74, 6) is 0. The molecule has 0 N–H and O–H groups in total. The van der Waals surface area contributed by atoms with Crippen LogP contribution in [0.5, 0.6) is 0 Å². The molecule has 0 aliphatic carbocycles. The van der Waals surface area contributed by atoms with Gasteiger partial charge in [0.25, 0.3) is 0 Å². The monoisotopic (exact) mass is 294 g/mol. The molecule has 0 heterocycles. The van der Waals surface area contributed by atoms with Crippen LogP contribution in [0.15, 0.2) is 0 Å². The van der Waals surface area contributed by atoms with E-state index in [0.29, 0.717) is 0 Å². The van der Waals surface area contributed by atoms with E-state index in [1.54, 1.807) is 0 Å². The maximum atomic E-state index is 4.83. The van der Waals surface area contributed by atoms with Gasteiger partial charge in [0.1, 0.15) is 0 Å². The Morgan fingerprint density at radius 1 is 1.17 bits per heavy atom. The molecular formula is C4H9STl. The van der Waals surface area contributed by atoms with E-state index in [1.807, 2.05) is 20.8 Å². The molecule has 0 amide bonds. The van der Waals surface area contributed by atoms with Crippen LogP contribution in [0, 0.1) is 0 Å². The second-order valence-electron chi connectivity index (χ2n) is 2.11. The Labute approximate surface area is 65.3 Å². The maximum Gasteiger partial charge on any atom is 1.00 e. The van der Waals surface area contributed by atoms with Crippen molar-refractivity contribution in [1.29, 1.82) is 0 Å². The van der Waals surface area contributed by atoms with Crippen molar-refractivity contribution in [2.75, 3.05) is 0 Å². The Morgan fingerprint density at radius 3 is 1.17 bits per heavy atom. The van der Waals surface area contributed by atoms with E-state index >= 15 is 0 Å². The van der Waals surface area contributed by atoms with Crippen LogP contribution in [-0.2, 0) is 12.6 Å². The molecule has 0 unspecified atom stereocenters. The van der Waals surface area contributed by atoms with Gasteiger partial charge in [-0.15, -0.1) is 0 Å². The second kappa shape index (κ2) is 3.30. The third-order valence-corrected chi connectivity index (χ3v) is 0. The van der Waals surface area contributed by atoms with Gasteiger partial charge in [-0.3, -0.25) is 0 Å². The Morgan fingerprint density at radius 2 is 1.17 bits per heavy atom. The van der Waals surface area contributed by atoms with Crippen molar-refractivity contribution in [1.82, 2.24) is 0 Å². The standard InChI is InChI=1S/C4H10S.Tl/c1-4(2,3)5;/h5H,1-3H3;/q;+1/p-1. The smallest absolute Gasteiger partial charge is 0.787 e. The molecule has 0 aromatic rings. The van der Waals surface area contributed by atoms with E-state index in [1.165, 1.54) is 0 Å². The molecule has 0 bridgehead atoms. The van der Waals surface area contributed by atoms with E-state index in [9.17, 15) is 0 Å². The molecule has 34 valence electrons. The largest absolute Gasteiger partial charge is 1.00 e. The van der Waals surface area contributed by atoms with Gasteiger partial charge < -0.3 is 12.6 Å². The molecule has 0 nitrogen and oxygen atoms in total. The third kappa shape index (κ3) is 59.5. The predicted octanol–water partition coefficient (Wildman–Crippen LogP) is 0.951. The first-order valence-electron chi connectivity index (χ1n) is 1.70. The second-order valence-corrected chi connectivity index (χ2v) is 3.34. The first-order valence-corrected chi connectivity index (χ1v) is 2.11. The molecule has 0 saturated heterocycles. The molecular weight excluding hydrogens is 284 g/mol. The molecule has 0 atom stereocenters. The van der Waals surface area contributed by atoms with Crippen LogP contribution < -0.4 is 0 Å². The molecule has 0 aliphatic rings.